The third-order valence-electron chi connectivity index (χ3n) is 10.7. The zero-order valence-corrected chi connectivity index (χ0v) is 27.5. The lowest BCUT2D eigenvalue weighted by atomic mass is 9.99. The molecule has 10 nitrogen and oxygen atoms in total. The summed E-state index contributed by atoms with van der Waals surface area (Å²) >= 11 is 0. The molecule has 252 valence electrons. The molecule has 5 heterocycles. The summed E-state index contributed by atoms with van der Waals surface area (Å²) in [5.41, 5.74) is 4.36. The fourth-order valence-electron chi connectivity index (χ4n) is 7.90. The first-order valence-corrected chi connectivity index (χ1v) is 17.6. The summed E-state index contributed by atoms with van der Waals surface area (Å²) < 4.78 is 18.0. The Morgan fingerprint density at radius 2 is 1.66 bits per heavy atom. The van der Waals surface area contributed by atoms with Crippen LogP contribution in [0.3, 0.4) is 0 Å². The van der Waals surface area contributed by atoms with Crippen LogP contribution in [0, 0.1) is 0 Å². The van der Waals surface area contributed by atoms with Crippen LogP contribution in [-0.2, 0) is 33.5 Å². The van der Waals surface area contributed by atoms with Crippen molar-refractivity contribution in [2.75, 3.05) is 71.0 Å². The molecule has 5 aliphatic heterocycles. The highest BCUT2D eigenvalue weighted by atomic mass is 16.5. The highest BCUT2D eigenvalue weighted by Crippen LogP contribution is 2.29. The van der Waals surface area contributed by atoms with E-state index in [4.69, 9.17) is 14.2 Å². The van der Waals surface area contributed by atoms with Crippen molar-refractivity contribution in [3.8, 4) is 5.75 Å². The number of likely N-dealkylation sites (tertiary alicyclic amines) is 1. The van der Waals surface area contributed by atoms with Gasteiger partial charge in [0.15, 0.2) is 12.0 Å². The van der Waals surface area contributed by atoms with Crippen LogP contribution in [0.1, 0.15) is 48.8 Å². The number of urea groups is 1. The normalized spacial score (nSPS) is 22.0. The molecule has 5 aliphatic rings. The smallest absolute Gasteiger partial charge is 0.322 e. The van der Waals surface area contributed by atoms with Crippen molar-refractivity contribution in [3.05, 3.63) is 71.6 Å². The summed E-state index contributed by atoms with van der Waals surface area (Å²) in [6, 6.07) is 15.0. The molecule has 0 saturated carbocycles. The molecule has 0 aliphatic carbocycles. The van der Waals surface area contributed by atoms with Gasteiger partial charge in [0.25, 0.3) is 5.91 Å². The fraction of sp³-hybridized carbons (Fsp3) is 0.568. The molecule has 0 radical (unpaired) electrons. The molecule has 3 amide bonds. The summed E-state index contributed by atoms with van der Waals surface area (Å²) in [6.45, 7) is 12.0. The number of carbonyl (C=O) groups excluding carboxylic acids is 2. The van der Waals surface area contributed by atoms with Crippen LogP contribution in [0.2, 0.25) is 0 Å². The van der Waals surface area contributed by atoms with E-state index in [-0.39, 0.29) is 18.0 Å². The Balaban J connectivity index is 0.987. The Hall–Kier alpha value is -3.76. The van der Waals surface area contributed by atoms with E-state index in [1.54, 1.807) is 0 Å². The Morgan fingerprint density at radius 1 is 0.872 bits per heavy atom. The van der Waals surface area contributed by atoms with Crippen molar-refractivity contribution >= 4 is 17.6 Å². The van der Waals surface area contributed by atoms with Gasteiger partial charge in [-0.25, -0.2) is 4.79 Å². The third-order valence-corrected chi connectivity index (χ3v) is 10.7. The topological polar surface area (TPSA) is 86.8 Å². The quantitative estimate of drug-likeness (QED) is 0.430. The predicted octanol–water partition coefficient (Wildman–Crippen LogP) is 4.29. The molecule has 1 N–H and O–H groups in total. The van der Waals surface area contributed by atoms with Crippen molar-refractivity contribution in [2.45, 2.75) is 69.6 Å². The van der Waals surface area contributed by atoms with E-state index in [0.29, 0.717) is 38.0 Å². The van der Waals surface area contributed by atoms with Crippen molar-refractivity contribution in [3.63, 3.8) is 0 Å². The first-order valence-electron chi connectivity index (χ1n) is 17.6. The van der Waals surface area contributed by atoms with Gasteiger partial charge in [0.05, 0.1) is 6.61 Å². The number of piperazine rings is 1. The van der Waals surface area contributed by atoms with E-state index in [1.165, 1.54) is 11.1 Å². The van der Waals surface area contributed by atoms with Crippen LogP contribution in [-0.4, -0.2) is 115 Å². The van der Waals surface area contributed by atoms with Crippen molar-refractivity contribution < 1.29 is 23.8 Å². The van der Waals surface area contributed by atoms with Gasteiger partial charge >= 0.3 is 6.03 Å². The molecule has 2 aromatic rings. The van der Waals surface area contributed by atoms with Crippen molar-refractivity contribution in [1.82, 2.24) is 19.6 Å². The third kappa shape index (κ3) is 7.38. The van der Waals surface area contributed by atoms with Gasteiger partial charge in [0.1, 0.15) is 5.75 Å². The van der Waals surface area contributed by atoms with Gasteiger partial charge in [-0.2, -0.15) is 0 Å². The maximum absolute atomic E-state index is 14.1. The van der Waals surface area contributed by atoms with E-state index in [9.17, 15) is 9.59 Å². The second kappa shape index (κ2) is 14.6. The lowest BCUT2D eigenvalue weighted by Crippen LogP contribution is -2.55. The Bertz CT molecular complexity index is 1430. The minimum atomic E-state index is -0.660. The first kappa shape index (κ1) is 31.8. The first-order chi connectivity index (χ1) is 23.0. The van der Waals surface area contributed by atoms with Crippen molar-refractivity contribution in [1.29, 1.82) is 0 Å². The summed E-state index contributed by atoms with van der Waals surface area (Å²) in [6.07, 6.45) is 6.43. The number of hydrogen-bond acceptors (Lipinski definition) is 7. The molecular weight excluding hydrogens is 594 g/mol. The number of ether oxygens (including phenoxy) is 3. The number of nitrogens with zero attached hydrogens (tertiary/aromatic N) is 4. The van der Waals surface area contributed by atoms with E-state index < -0.39 is 6.10 Å². The predicted molar refractivity (Wildman–Crippen MR) is 180 cm³/mol. The summed E-state index contributed by atoms with van der Waals surface area (Å²) in [7, 11) is 0. The molecular formula is C37H49N5O5. The second-order valence-electron chi connectivity index (χ2n) is 13.6. The fourth-order valence-corrected chi connectivity index (χ4v) is 7.90. The zero-order chi connectivity index (χ0) is 32.2. The Labute approximate surface area is 278 Å². The van der Waals surface area contributed by atoms with Crippen LogP contribution >= 0.6 is 0 Å². The lowest BCUT2D eigenvalue weighted by Gasteiger charge is -2.42. The Kier molecular flexibility index (Phi) is 9.86. The average molecular weight is 644 g/mol. The number of rotatable bonds is 8. The molecule has 10 heteroatoms. The molecule has 0 unspecified atom stereocenters. The molecule has 0 aromatic heterocycles. The number of carbonyl (C=O) groups is 2. The van der Waals surface area contributed by atoms with Gasteiger partial charge < -0.3 is 34.2 Å². The minimum absolute atomic E-state index is 0.0264. The molecule has 47 heavy (non-hydrogen) atoms. The molecule has 3 saturated heterocycles. The standard InChI is InChI=1S/C37H49N5O5/c1-27(39-15-11-32(12-16-39)42-17-10-29-5-2-3-7-33(29)38-37(42)44)47-35(26-28-8-9-34-30(25-28)6-4-22-46-34)36(43)41-20-18-40(19-21-41)31-13-23-45-24-14-31/h2-3,5,7-9,25,31-32,35H,1,4,6,10-24,26H2,(H,38,44)/t35-/m1/s1. The van der Waals surface area contributed by atoms with Gasteiger partial charge in [0, 0.05) is 83.2 Å². The number of aryl methyl sites for hydroxylation is 1. The van der Waals surface area contributed by atoms with Crippen LogP contribution in [0.25, 0.3) is 0 Å². The van der Waals surface area contributed by atoms with Crippen LogP contribution in [0.15, 0.2) is 54.9 Å². The summed E-state index contributed by atoms with van der Waals surface area (Å²) in [5.74, 6) is 1.52. The van der Waals surface area contributed by atoms with E-state index in [2.05, 4.69) is 39.9 Å². The summed E-state index contributed by atoms with van der Waals surface area (Å²) in [4.78, 5) is 35.9. The SMILES string of the molecule is C=C(O[C@H](Cc1ccc2c(c1)CCCO2)C(=O)N1CCN(C2CCOCC2)CC1)N1CCC(N2CCc3ccccc3NC2=O)CC1. The molecule has 1 atom stereocenters. The minimum Gasteiger partial charge on any atom is -0.493 e. The van der Waals surface area contributed by atoms with Gasteiger partial charge in [-0.1, -0.05) is 30.3 Å². The average Bonchev–Trinajstić information content (AvgIpc) is 3.29. The maximum atomic E-state index is 14.1. The number of para-hydroxylation sites is 1. The van der Waals surface area contributed by atoms with Gasteiger partial charge in [-0.3, -0.25) is 9.69 Å². The number of amides is 3. The van der Waals surface area contributed by atoms with Gasteiger partial charge in [0.2, 0.25) is 0 Å². The van der Waals surface area contributed by atoms with Gasteiger partial charge in [-0.05, 0) is 80.3 Å². The van der Waals surface area contributed by atoms with Gasteiger partial charge in [-0.15, -0.1) is 0 Å². The number of benzene rings is 2. The number of hydrogen-bond donors (Lipinski definition) is 1. The highest BCUT2D eigenvalue weighted by molar-refractivity contribution is 5.91. The monoisotopic (exact) mass is 643 g/mol. The van der Waals surface area contributed by atoms with Crippen LogP contribution in [0.4, 0.5) is 10.5 Å². The van der Waals surface area contributed by atoms with Crippen LogP contribution < -0.4 is 10.1 Å². The summed E-state index contributed by atoms with van der Waals surface area (Å²) in [5, 5.41) is 3.11. The van der Waals surface area contributed by atoms with E-state index >= 15 is 0 Å². The maximum Gasteiger partial charge on any atom is 0.322 e. The molecule has 0 spiro atoms. The number of nitrogens with one attached hydrogen (secondary N) is 1. The zero-order valence-electron chi connectivity index (χ0n) is 27.5. The van der Waals surface area contributed by atoms with E-state index in [0.717, 1.165) is 108 Å². The molecule has 2 aromatic carbocycles. The molecule has 3 fully saturated rings. The Morgan fingerprint density at radius 3 is 2.47 bits per heavy atom. The molecule has 7 rings (SSSR count). The second-order valence-corrected chi connectivity index (χ2v) is 13.6. The van der Waals surface area contributed by atoms with Crippen LogP contribution in [0.5, 0.6) is 5.75 Å². The number of piperidine rings is 1. The molecule has 0 bridgehead atoms. The largest absolute Gasteiger partial charge is 0.493 e. The van der Waals surface area contributed by atoms with E-state index in [1.807, 2.05) is 34.1 Å². The number of fused-ring (bicyclic) bond motifs is 2. The highest BCUT2D eigenvalue weighted by Gasteiger charge is 2.35. The number of anilines is 1. The lowest BCUT2D eigenvalue weighted by molar-refractivity contribution is -0.145. The van der Waals surface area contributed by atoms with Crippen molar-refractivity contribution in [2.24, 2.45) is 0 Å².